The number of amides is 1. The van der Waals surface area contributed by atoms with Gasteiger partial charge in [-0.25, -0.2) is 5.06 Å². The molecule has 2 aliphatic rings. The zero-order valence-electron chi connectivity index (χ0n) is 23.2. The molecule has 0 spiro atoms. The van der Waals surface area contributed by atoms with E-state index in [9.17, 15) is 14.7 Å². The largest absolute Gasteiger partial charge is 0.384 e. The molecule has 0 radical (unpaired) electrons. The highest BCUT2D eigenvalue weighted by atomic mass is 35.5. The van der Waals surface area contributed by atoms with Crippen molar-refractivity contribution in [1.29, 1.82) is 0 Å². The lowest BCUT2D eigenvalue weighted by Crippen LogP contribution is -2.51. The van der Waals surface area contributed by atoms with Gasteiger partial charge in [0, 0.05) is 35.4 Å². The summed E-state index contributed by atoms with van der Waals surface area (Å²) < 4.78 is 0. The van der Waals surface area contributed by atoms with E-state index in [1.807, 2.05) is 36.2 Å². The Balaban J connectivity index is 1.44. The van der Waals surface area contributed by atoms with Crippen molar-refractivity contribution >= 4 is 34.9 Å². The topological polar surface area (TPSA) is 86.2 Å². The van der Waals surface area contributed by atoms with Gasteiger partial charge in [-0.2, -0.15) is 0 Å². The van der Waals surface area contributed by atoms with Crippen molar-refractivity contribution < 1.29 is 19.5 Å². The number of likely N-dealkylation sites (tertiary alicyclic amines) is 1. The first kappa shape index (κ1) is 29.6. The average Bonchev–Trinajstić information content (AvgIpc) is 3.21. The minimum absolute atomic E-state index is 0.159. The molecule has 1 saturated heterocycles. The van der Waals surface area contributed by atoms with Gasteiger partial charge in [0.15, 0.2) is 5.78 Å². The molecular formula is C31H34Cl2N4O4. The number of fused-ring (bicyclic) bond motifs is 1. The van der Waals surface area contributed by atoms with Crippen LogP contribution in [0.2, 0.25) is 10.0 Å². The fraction of sp³-hybridized carbons (Fsp3) is 0.387. The highest BCUT2D eigenvalue weighted by Crippen LogP contribution is 2.46. The summed E-state index contributed by atoms with van der Waals surface area (Å²) in [5, 5.41) is 13.1. The van der Waals surface area contributed by atoms with Crippen LogP contribution in [-0.2, 0) is 21.6 Å². The van der Waals surface area contributed by atoms with Crippen molar-refractivity contribution in [3.05, 3.63) is 99.3 Å². The number of hydrogen-bond donors (Lipinski definition) is 1. The van der Waals surface area contributed by atoms with Crippen molar-refractivity contribution in [2.75, 3.05) is 33.8 Å². The quantitative estimate of drug-likeness (QED) is 0.367. The van der Waals surface area contributed by atoms with Crippen LogP contribution in [0.15, 0.2) is 66.9 Å². The van der Waals surface area contributed by atoms with Gasteiger partial charge in [-0.1, -0.05) is 53.5 Å². The molecule has 1 fully saturated rings. The molecule has 216 valence electrons. The summed E-state index contributed by atoms with van der Waals surface area (Å²) in [6, 6.07) is 18.0. The van der Waals surface area contributed by atoms with Crippen LogP contribution in [-0.4, -0.2) is 82.7 Å². The number of halogens is 2. The van der Waals surface area contributed by atoms with E-state index >= 15 is 0 Å². The molecule has 1 aromatic heterocycles. The summed E-state index contributed by atoms with van der Waals surface area (Å²) in [6.45, 7) is 0.677. The lowest BCUT2D eigenvalue weighted by atomic mass is 9.79. The Labute approximate surface area is 250 Å². The molecule has 2 aromatic carbocycles. The molecule has 3 aromatic rings. The van der Waals surface area contributed by atoms with Gasteiger partial charge < -0.3 is 5.11 Å². The molecule has 0 saturated carbocycles. The van der Waals surface area contributed by atoms with E-state index in [-0.39, 0.29) is 25.0 Å². The summed E-state index contributed by atoms with van der Waals surface area (Å²) in [4.78, 5) is 41.8. The number of carbonyl (C=O) groups is 2. The second kappa shape index (κ2) is 12.6. The highest BCUT2D eigenvalue weighted by molar-refractivity contribution is 6.30. The predicted octanol–water partition coefficient (Wildman–Crippen LogP) is 4.57. The molecule has 2 aliphatic heterocycles. The van der Waals surface area contributed by atoms with Crippen LogP contribution < -0.4 is 0 Å². The van der Waals surface area contributed by atoms with Crippen molar-refractivity contribution in [3.63, 3.8) is 0 Å². The molecule has 3 atom stereocenters. The van der Waals surface area contributed by atoms with E-state index in [4.69, 9.17) is 28.0 Å². The van der Waals surface area contributed by atoms with E-state index in [2.05, 4.69) is 16.9 Å². The predicted molar refractivity (Wildman–Crippen MR) is 158 cm³/mol. The van der Waals surface area contributed by atoms with Crippen LogP contribution in [0.4, 0.5) is 0 Å². The summed E-state index contributed by atoms with van der Waals surface area (Å²) in [5.74, 6) is -0.888. The van der Waals surface area contributed by atoms with Crippen LogP contribution in [0.25, 0.3) is 0 Å². The van der Waals surface area contributed by atoms with E-state index in [1.54, 1.807) is 42.6 Å². The number of benzene rings is 2. The second-order valence-electron chi connectivity index (χ2n) is 10.8. The van der Waals surface area contributed by atoms with Gasteiger partial charge in [0.2, 0.25) is 0 Å². The third-order valence-corrected chi connectivity index (χ3v) is 8.57. The fourth-order valence-corrected chi connectivity index (χ4v) is 6.20. The number of piperidine rings is 1. The normalized spacial score (nSPS) is 21.8. The smallest absolute Gasteiger partial charge is 0.279 e. The number of aliphatic hydroxyl groups excluding tert-OH is 1. The molecule has 0 aliphatic carbocycles. The second-order valence-corrected chi connectivity index (χ2v) is 11.7. The number of hydroxylamine groups is 2. The van der Waals surface area contributed by atoms with Crippen LogP contribution in [0.3, 0.4) is 0 Å². The monoisotopic (exact) mass is 596 g/mol. The molecule has 10 heteroatoms. The number of nitrogens with zero attached hydrogens (tertiary/aromatic N) is 4. The minimum Gasteiger partial charge on any atom is -0.384 e. The number of ketones is 1. The van der Waals surface area contributed by atoms with Gasteiger partial charge in [-0.3, -0.25) is 29.2 Å². The number of likely N-dealkylation sites (N-methyl/N-ethyl adjacent to an activating group) is 1. The molecule has 2 unspecified atom stereocenters. The van der Waals surface area contributed by atoms with Gasteiger partial charge in [0.25, 0.3) is 5.91 Å². The van der Waals surface area contributed by atoms with E-state index in [1.165, 1.54) is 5.06 Å². The Morgan fingerprint density at radius 2 is 1.85 bits per heavy atom. The van der Waals surface area contributed by atoms with Gasteiger partial charge in [0.05, 0.1) is 11.2 Å². The average molecular weight is 598 g/mol. The standard InChI is InChI=1S/C31H34Cl2N4O4/c1-35-16-6-5-9-29(35)36(2)19-27(38)28(39)20-41-37-30(40)25-7-3-4-8-26(25)31(37,21-10-12-22(32)13-11-21)17-24-15-14-23(33)18-34-24/h3-4,7-8,10-15,18,27,29,38H,5-6,9,16-17,19-20H2,1-2H3/t27?,29?,31-/m1/s1. The van der Waals surface area contributed by atoms with Gasteiger partial charge in [-0.05, 0) is 81.4 Å². The highest BCUT2D eigenvalue weighted by Gasteiger charge is 2.52. The van der Waals surface area contributed by atoms with E-state index < -0.39 is 24.0 Å². The Kier molecular flexibility index (Phi) is 9.09. The zero-order chi connectivity index (χ0) is 29.1. The number of Topliss-reactive ketones (excluding diaryl/α,β-unsaturated/α-hetero) is 1. The summed E-state index contributed by atoms with van der Waals surface area (Å²) in [7, 11) is 3.97. The van der Waals surface area contributed by atoms with Crippen LogP contribution >= 0.6 is 23.2 Å². The summed E-state index contributed by atoms with van der Waals surface area (Å²) >= 11 is 12.3. The maximum absolute atomic E-state index is 13.8. The van der Waals surface area contributed by atoms with Crippen LogP contribution in [0.5, 0.6) is 0 Å². The van der Waals surface area contributed by atoms with Gasteiger partial charge in [-0.15, -0.1) is 0 Å². The van der Waals surface area contributed by atoms with Gasteiger partial charge in [0.1, 0.15) is 18.2 Å². The van der Waals surface area contributed by atoms with E-state index in [0.717, 1.165) is 36.9 Å². The van der Waals surface area contributed by atoms with Crippen molar-refractivity contribution in [2.24, 2.45) is 0 Å². The third-order valence-electron chi connectivity index (χ3n) is 8.09. The molecular weight excluding hydrogens is 563 g/mol. The molecule has 8 nitrogen and oxygen atoms in total. The van der Waals surface area contributed by atoms with Crippen molar-refractivity contribution in [3.8, 4) is 0 Å². The van der Waals surface area contributed by atoms with Crippen molar-refractivity contribution in [2.45, 2.75) is 43.5 Å². The number of rotatable bonds is 10. The number of carbonyl (C=O) groups excluding carboxylic acids is 2. The maximum atomic E-state index is 13.8. The summed E-state index contributed by atoms with van der Waals surface area (Å²) in [6.07, 6.45) is 3.93. The SMILES string of the molecule is CN1CCCCC1N(C)CC(O)C(=O)CON1C(=O)c2ccccc2[C@@]1(Cc1ccc(Cl)cn1)c1ccc(Cl)cc1. The number of aliphatic hydroxyl groups is 1. The molecule has 5 rings (SSSR count). The van der Waals surface area contributed by atoms with Crippen LogP contribution in [0, 0.1) is 0 Å². The Hall–Kier alpha value is -2.85. The number of hydrogen-bond acceptors (Lipinski definition) is 7. The summed E-state index contributed by atoms with van der Waals surface area (Å²) in [5.41, 5.74) is 1.45. The zero-order valence-corrected chi connectivity index (χ0v) is 24.7. The molecule has 1 amide bonds. The first-order valence-corrected chi connectivity index (χ1v) is 14.5. The number of aromatic nitrogens is 1. The molecule has 0 bridgehead atoms. The lowest BCUT2D eigenvalue weighted by Gasteiger charge is -2.39. The van der Waals surface area contributed by atoms with Crippen molar-refractivity contribution in [1.82, 2.24) is 19.8 Å². The first-order valence-electron chi connectivity index (χ1n) is 13.8. The Morgan fingerprint density at radius 1 is 1.12 bits per heavy atom. The van der Waals surface area contributed by atoms with E-state index in [0.29, 0.717) is 21.3 Å². The maximum Gasteiger partial charge on any atom is 0.279 e. The number of pyridine rings is 1. The molecule has 1 N–H and O–H groups in total. The Bertz CT molecular complexity index is 1390. The third kappa shape index (κ3) is 6.04. The lowest BCUT2D eigenvalue weighted by molar-refractivity contribution is -0.180. The first-order chi connectivity index (χ1) is 19.7. The molecule has 3 heterocycles. The van der Waals surface area contributed by atoms with Crippen LogP contribution in [0.1, 0.15) is 46.4 Å². The Morgan fingerprint density at radius 3 is 2.56 bits per heavy atom. The minimum atomic E-state index is -1.27. The fourth-order valence-electron chi connectivity index (χ4n) is 5.97. The van der Waals surface area contributed by atoms with Gasteiger partial charge >= 0.3 is 0 Å². The molecule has 41 heavy (non-hydrogen) atoms.